The van der Waals surface area contributed by atoms with Crippen molar-refractivity contribution in [1.82, 2.24) is 25.0 Å². The van der Waals surface area contributed by atoms with Crippen LogP contribution in [0.2, 0.25) is 0 Å². The summed E-state index contributed by atoms with van der Waals surface area (Å²) in [6, 6.07) is 0. The van der Waals surface area contributed by atoms with Crippen molar-refractivity contribution < 1.29 is 0 Å². The lowest BCUT2D eigenvalue weighted by Gasteiger charge is -2.13. The third kappa shape index (κ3) is 6.77. The Morgan fingerprint density at radius 3 is 2.75 bits per heavy atom. The molecule has 2 N–H and O–H groups in total. The Labute approximate surface area is 185 Å². The van der Waals surface area contributed by atoms with Crippen molar-refractivity contribution in [2.24, 2.45) is 10.9 Å². The molecule has 0 saturated heterocycles. The standard InChI is InChI=1S/C20H36N6O.HI/c1-2-21-19(22-13-7-11-17-9-3-4-10-17)23-14-8-16-26-20(27)25-15-6-5-12-18(25)24-26;/h17H,2-16H2,1H3,(H2,21,22,23);1H. The zero-order chi connectivity index (χ0) is 18.9. The van der Waals surface area contributed by atoms with Crippen LogP contribution in [0.15, 0.2) is 9.79 Å². The van der Waals surface area contributed by atoms with Gasteiger partial charge < -0.3 is 10.6 Å². The smallest absolute Gasteiger partial charge is 0.345 e. The maximum atomic E-state index is 12.3. The fourth-order valence-electron chi connectivity index (χ4n) is 4.24. The molecule has 7 nitrogen and oxygen atoms in total. The van der Waals surface area contributed by atoms with E-state index in [2.05, 4.69) is 27.6 Å². The number of nitrogens with zero attached hydrogens (tertiary/aromatic N) is 4. The van der Waals surface area contributed by atoms with Gasteiger partial charge in [-0.05, 0) is 44.9 Å². The molecule has 1 aromatic heterocycles. The summed E-state index contributed by atoms with van der Waals surface area (Å²) in [4.78, 5) is 17.0. The molecule has 0 aromatic carbocycles. The van der Waals surface area contributed by atoms with Crippen molar-refractivity contribution in [3.63, 3.8) is 0 Å². The summed E-state index contributed by atoms with van der Waals surface area (Å²) in [5.74, 6) is 2.79. The van der Waals surface area contributed by atoms with E-state index in [4.69, 9.17) is 0 Å². The van der Waals surface area contributed by atoms with E-state index in [1.807, 2.05) is 4.57 Å². The molecule has 8 heteroatoms. The molecule has 1 aliphatic carbocycles. The lowest BCUT2D eigenvalue weighted by Crippen LogP contribution is -2.38. The molecule has 0 spiro atoms. The second kappa shape index (κ2) is 12.5. The van der Waals surface area contributed by atoms with E-state index >= 15 is 0 Å². The van der Waals surface area contributed by atoms with E-state index < -0.39 is 0 Å². The van der Waals surface area contributed by atoms with Crippen molar-refractivity contribution >= 4 is 29.9 Å². The summed E-state index contributed by atoms with van der Waals surface area (Å²) in [7, 11) is 0. The molecule has 160 valence electrons. The van der Waals surface area contributed by atoms with Crippen LogP contribution in [0.5, 0.6) is 0 Å². The number of aliphatic imine (C=N–C) groups is 1. The normalized spacial score (nSPS) is 17.2. The molecule has 0 amide bonds. The number of halogens is 1. The van der Waals surface area contributed by atoms with Crippen LogP contribution in [-0.4, -0.2) is 39.9 Å². The third-order valence-electron chi connectivity index (χ3n) is 5.73. The summed E-state index contributed by atoms with van der Waals surface area (Å²) in [6.07, 6.45) is 12.2. The zero-order valence-electron chi connectivity index (χ0n) is 17.3. The van der Waals surface area contributed by atoms with Gasteiger partial charge in [-0.1, -0.05) is 25.7 Å². The molecular formula is C20H37IN6O. The van der Waals surface area contributed by atoms with Crippen LogP contribution in [0.25, 0.3) is 0 Å². The molecule has 0 unspecified atom stereocenters. The summed E-state index contributed by atoms with van der Waals surface area (Å²) < 4.78 is 3.46. The fraction of sp³-hybridized carbons (Fsp3) is 0.850. The highest BCUT2D eigenvalue weighted by atomic mass is 127. The molecule has 1 aromatic rings. The first-order valence-electron chi connectivity index (χ1n) is 11.0. The quantitative estimate of drug-likeness (QED) is 0.235. The number of rotatable bonds is 9. The maximum absolute atomic E-state index is 12.3. The summed E-state index contributed by atoms with van der Waals surface area (Å²) in [5.41, 5.74) is 0.0469. The molecular weight excluding hydrogens is 467 g/mol. The maximum Gasteiger partial charge on any atom is 0.345 e. The number of hydrogen-bond donors (Lipinski definition) is 2. The average molecular weight is 504 g/mol. The number of aromatic nitrogens is 3. The van der Waals surface area contributed by atoms with Crippen molar-refractivity contribution in [3.8, 4) is 0 Å². The summed E-state index contributed by atoms with van der Waals surface area (Å²) in [5, 5.41) is 11.2. The van der Waals surface area contributed by atoms with Gasteiger partial charge in [0, 0.05) is 39.1 Å². The molecule has 1 saturated carbocycles. The average Bonchev–Trinajstić information content (AvgIpc) is 3.31. The van der Waals surface area contributed by atoms with Gasteiger partial charge in [0.05, 0.1) is 0 Å². The van der Waals surface area contributed by atoms with Crippen LogP contribution in [0, 0.1) is 5.92 Å². The van der Waals surface area contributed by atoms with Crippen LogP contribution in [0.3, 0.4) is 0 Å². The minimum Gasteiger partial charge on any atom is -0.357 e. The van der Waals surface area contributed by atoms with Gasteiger partial charge in [0.25, 0.3) is 0 Å². The fourth-order valence-corrected chi connectivity index (χ4v) is 4.24. The van der Waals surface area contributed by atoms with E-state index in [0.29, 0.717) is 13.1 Å². The Bertz CT molecular complexity index is 662. The number of guanidine groups is 1. The van der Waals surface area contributed by atoms with E-state index in [1.54, 1.807) is 4.68 Å². The number of fused-ring (bicyclic) bond motifs is 1. The molecule has 0 radical (unpaired) electrons. The second-order valence-electron chi connectivity index (χ2n) is 7.86. The van der Waals surface area contributed by atoms with Gasteiger partial charge >= 0.3 is 5.69 Å². The van der Waals surface area contributed by atoms with Gasteiger partial charge in [0.2, 0.25) is 0 Å². The molecule has 2 aliphatic rings. The molecule has 0 bridgehead atoms. The first-order valence-corrected chi connectivity index (χ1v) is 11.0. The van der Waals surface area contributed by atoms with E-state index in [1.165, 1.54) is 38.5 Å². The Morgan fingerprint density at radius 1 is 1.18 bits per heavy atom. The van der Waals surface area contributed by atoms with Crippen LogP contribution in [0.1, 0.15) is 70.5 Å². The van der Waals surface area contributed by atoms with Gasteiger partial charge in [-0.2, -0.15) is 5.10 Å². The Kier molecular flexibility index (Phi) is 10.4. The summed E-state index contributed by atoms with van der Waals surface area (Å²) >= 11 is 0. The Hall–Kier alpha value is -1.06. The van der Waals surface area contributed by atoms with Crippen LogP contribution < -0.4 is 16.3 Å². The zero-order valence-corrected chi connectivity index (χ0v) is 19.6. The van der Waals surface area contributed by atoms with Crippen LogP contribution in [0.4, 0.5) is 0 Å². The third-order valence-corrected chi connectivity index (χ3v) is 5.73. The van der Waals surface area contributed by atoms with Gasteiger partial charge in [-0.15, -0.1) is 24.0 Å². The molecule has 3 rings (SSSR count). The van der Waals surface area contributed by atoms with Crippen LogP contribution >= 0.6 is 24.0 Å². The van der Waals surface area contributed by atoms with Gasteiger partial charge in [0.1, 0.15) is 5.82 Å². The van der Waals surface area contributed by atoms with Crippen LogP contribution in [-0.2, 0) is 19.5 Å². The van der Waals surface area contributed by atoms with E-state index in [0.717, 1.165) is 63.0 Å². The Morgan fingerprint density at radius 2 is 2.00 bits per heavy atom. The first-order chi connectivity index (χ1) is 13.3. The van der Waals surface area contributed by atoms with Crippen molar-refractivity contribution in [2.75, 3.05) is 19.6 Å². The lowest BCUT2D eigenvalue weighted by atomic mass is 10.0. The topological polar surface area (TPSA) is 76.2 Å². The van der Waals surface area contributed by atoms with Gasteiger partial charge in [0.15, 0.2) is 5.96 Å². The van der Waals surface area contributed by atoms with Gasteiger partial charge in [-0.25, -0.2) is 9.48 Å². The monoisotopic (exact) mass is 504 g/mol. The van der Waals surface area contributed by atoms with E-state index in [-0.39, 0.29) is 29.7 Å². The van der Waals surface area contributed by atoms with Gasteiger partial charge in [-0.3, -0.25) is 9.56 Å². The highest BCUT2D eigenvalue weighted by Crippen LogP contribution is 2.28. The molecule has 1 aliphatic heterocycles. The van der Waals surface area contributed by atoms with E-state index in [9.17, 15) is 4.79 Å². The Balaban J connectivity index is 0.00000280. The number of aryl methyl sites for hydroxylation is 2. The minimum atomic E-state index is 0. The SMILES string of the molecule is CCNC(=NCCCn1nc2n(c1=O)CCCC2)NCCCC1CCCC1.I. The number of hydrogen-bond acceptors (Lipinski definition) is 3. The second-order valence-corrected chi connectivity index (χ2v) is 7.86. The predicted molar refractivity (Wildman–Crippen MR) is 125 cm³/mol. The molecule has 0 atom stereocenters. The largest absolute Gasteiger partial charge is 0.357 e. The van der Waals surface area contributed by atoms with Crippen molar-refractivity contribution in [2.45, 2.75) is 84.2 Å². The highest BCUT2D eigenvalue weighted by Gasteiger charge is 2.16. The molecule has 28 heavy (non-hydrogen) atoms. The molecule has 2 heterocycles. The first kappa shape index (κ1) is 23.2. The molecule has 1 fully saturated rings. The lowest BCUT2D eigenvalue weighted by molar-refractivity contribution is 0.481. The predicted octanol–water partition coefficient (Wildman–Crippen LogP) is 2.91. The summed E-state index contributed by atoms with van der Waals surface area (Å²) in [6.45, 7) is 6.10. The van der Waals surface area contributed by atoms with Crippen molar-refractivity contribution in [1.29, 1.82) is 0 Å². The highest BCUT2D eigenvalue weighted by molar-refractivity contribution is 14.0. The number of nitrogens with one attached hydrogen (secondary N) is 2. The van der Waals surface area contributed by atoms with Crippen molar-refractivity contribution in [3.05, 3.63) is 16.3 Å². The minimum absolute atomic E-state index is 0.